The predicted molar refractivity (Wildman–Crippen MR) is 72.2 cm³/mol. The van der Waals surface area contributed by atoms with Gasteiger partial charge in [-0.15, -0.1) is 0 Å². The molecule has 1 unspecified atom stereocenters. The molecule has 1 saturated carbocycles. The zero-order chi connectivity index (χ0) is 11.9. The number of nitrogens with one attached hydrogen (secondary N) is 1. The molecule has 1 saturated heterocycles. The van der Waals surface area contributed by atoms with Gasteiger partial charge in [0.1, 0.15) is 0 Å². The molecule has 2 rings (SSSR count). The van der Waals surface area contributed by atoms with Crippen LogP contribution in [0.4, 0.5) is 0 Å². The molecule has 1 aliphatic carbocycles. The van der Waals surface area contributed by atoms with Gasteiger partial charge in [-0.3, -0.25) is 0 Å². The van der Waals surface area contributed by atoms with E-state index in [1.807, 2.05) is 0 Å². The molecule has 1 N–H and O–H groups in total. The van der Waals surface area contributed by atoms with Gasteiger partial charge in [-0.05, 0) is 44.1 Å². The molecule has 17 heavy (non-hydrogen) atoms. The average molecular weight is 239 g/mol. The van der Waals surface area contributed by atoms with E-state index in [-0.39, 0.29) is 0 Å². The van der Waals surface area contributed by atoms with E-state index in [4.69, 9.17) is 4.74 Å². The van der Waals surface area contributed by atoms with Crippen molar-refractivity contribution in [3.63, 3.8) is 0 Å². The first-order valence-electron chi connectivity index (χ1n) is 7.69. The Kier molecular flexibility index (Phi) is 5.79. The zero-order valence-corrected chi connectivity index (χ0v) is 11.4. The molecule has 0 aromatic rings. The molecule has 2 aliphatic rings. The minimum absolute atomic E-state index is 0.770. The van der Waals surface area contributed by atoms with Crippen LogP contribution in [0.5, 0.6) is 0 Å². The third-order valence-corrected chi connectivity index (χ3v) is 4.54. The average Bonchev–Trinajstić information content (AvgIpc) is 2.83. The highest BCUT2D eigenvalue weighted by Gasteiger charge is 2.23. The van der Waals surface area contributed by atoms with Crippen LogP contribution >= 0.6 is 0 Å². The van der Waals surface area contributed by atoms with Crippen LogP contribution in [-0.2, 0) is 4.74 Å². The number of hydrogen-bond acceptors (Lipinski definition) is 2. The Morgan fingerprint density at radius 3 is 2.18 bits per heavy atom. The van der Waals surface area contributed by atoms with Crippen molar-refractivity contribution in [3.8, 4) is 0 Å². The largest absolute Gasteiger partial charge is 0.381 e. The predicted octanol–water partition coefficient (Wildman–Crippen LogP) is 3.36. The van der Waals surface area contributed by atoms with Gasteiger partial charge < -0.3 is 10.1 Å². The summed E-state index contributed by atoms with van der Waals surface area (Å²) in [5.41, 5.74) is 0. The maximum absolute atomic E-state index is 5.45. The van der Waals surface area contributed by atoms with Crippen LogP contribution in [0.25, 0.3) is 0 Å². The van der Waals surface area contributed by atoms with Crippen molar-refractivity contribution in [1.29, 1.82) is 0 Å². The highest BCUT2D eigenvalue weighted by atomic mass is 16.5. The van der Waals surface area contributed by atoms with E-state index in [1.54, 1.807) is 0 Å². The third kappa shape index (κ3) is 4.59. The van der Waals surface area contributed by atoms with Gasteiger partial charge in [0.2, 0.25) is 0 Å². The molecule has 1 heterocycles. The van der Waals surface area contributed by atoms with Crippen molar-refractivity contribution in [1.82, 2.24) is 5.32 Å². The van der Waals surface area contributed by atoms with Gasteiger partial charge in [0.25, 0.3) is 0 Å². The molecule has 1 atom stereocenters. The SMILES string of the molecule is CCNC(CC1CCCC1)CC1CCOCC1. The Bertz CT molecular complexity index is 195. The summed E-state index contributed by atoms with van der Waals surface area (Å²) in [5.74, 6) is 1.92. The quantitative estimate of drug-likeness (QED) is 0.767. The molecular weight excluding hydrogens is 210 g/mol. The van der Waals surface area contributed by atoms with E-state index in [0.717, 1.165) is 37.6 Å². The van der Waals surface area contributed by atoms with Crippen molar-refractivity contribution in [3.05, 3.63) is 0 Å². The molecule has 2 fully saturated rings. The maximum Gasteiger partial charge on any atom is 0.0468 e. The monoisotopic (exact) mass is 239 g/mol. The number of hydrogen-bond donors (Lipinski definition) is 1. The summed E-state index contributed by atoms with van der Waals surface area (Å²) in [5, 5.41) is 3.72. The summed E-state index contributed by atoms with van der Waals surface area (Å²) >= 11 is 0. The minimum atomic E-state index is 0.770. The van der Waals surface area contributed by atoms with Gasteiger partial charge in [0, 0.05) is 19.3 Å². The minimum Gasteiger partial charge on any atom is -0.381 e. The van der Waals surface area contributed by atoms with Gasteiger partial charge in [-0.2, -0.15) is 0 Å². The van der Waals surface area contributed by atoms with Crippen molar-refractivity contribution in [2.75, 3.05) is 19.8 Å². The van der Waals surface area contributed by atoms with Gasteiger partial charge >= 0.3 is 0 Å². The summed E-state index contributed by atoms with van der Waals surface area (Å²) in [6, 6.07) is 0.770. The van der Waals surface area contributed by atoms with Gasteiger partial charge in [0.15, 0.2) is 0 Å². The fourth-order valence-corrected chi connectivity index (χ4v) is 3.58. The highest BCUT2D eigenvalue weighted by Crippen LogP contribution is 2.31. The van der Waals surface area contributed by atoms with Crippen LogP contribution < -0.4 is 5.32 Å². The van der Waals surface area contributed by atoms with Crippen LogP contribution in [0.15, 0.2) is 0 Å². The molecule has 0 aromatic carbocycles. The second kappa shape index (κ2) is 7.38. The number of rotatable bonds is 6. The van der Waals surface area contributed by atoms with Crippen LogP contribution in [0, 0.1) is 11.8 Å². The molecule has 0 aromatic heterocycles. The lowest BCUT2D eigenvalue weighted by molar-refractivity contribution is 0.0596. The van der Waals surface area contributed by atoms with Crippen LogP contribution in [0.3, 0.4) is 0 Å². The van der Waals surface area contributed by atoms with E-state index < -0.39 is 0 Å². The van der Waals surface area contributed by atoms with E-state index in [0.29, 0.717) is 0 Å². The Morgan fingerprint density at radius 2 is 1.59 bits per heavy atom. The fourth-order valence-electron chi connectivity index (χ4n) is 3.58. The molecule has 100 valence electrons. The Morgan fingerprint density at radius 1 is 1.00 bits per heavy atom. The van der Waals surface area contributed by atoms with E-state index in [2.05, 4.69) is 12.2 Å². The third-order valence-electron chi connectivity index (χ3n) is 4.54. The maximum atomic E-state index is 5.45. The smallest absolute Gasteiger partial charge is 0.0468 e. The molecular formula is C15H29NO. The molecule has 0 radical (unpaired) electrons. The topological polar surface area (TPSA) is 21.3 Å². The molecule has 2 nitrogen and oxygen atoms in total. The first-order chi connectivity index (χ1) is 8.38. The van der Waals surface area contributed by atoms with E-state index in [9.17, 15) is 0 Å². The Balaban J connectivity index is 1.74. The van der Waals surface area contributed by atoms with Crippen molar-refractivity contribution >= 4 is 0 Å². The van der Waals surface area contributed by atoms with Gasteiger partial charge in [-0.1, -0.05) is 32.6 Å². The van der Waals surface area contributed by atoms with Gasteiger partial charge in [-0.25, -0.2) is 0 Å². The molecule has 0 amide bonds. The molecule has 0 bridgehead atoms. The lowest BCUT2D eigenvalue weighted by Gasteiger charge is -2.28. The molecule has 2 heteroatoms. The second-order valence-corrected chi connectivity index (χ2v) is 5.93. The second-order valence-electron chi connectivity index (χ2n) is 5.93. The summed E-state index contributed by atoms with van der Waals surface area (Å²) in [4.78, 5) is 0. The zero-order valence-electron chi connectivity index (χ0n) is 11.4. The van der Waals surface area contributed by atoms with E-state index in [1.165, 1.54) is 51.4 Å². The molecule has 1 aliphatic heterocycles. The lowest BCUT2D eigenvalue weighted by atomic mass is 9.87. The summed E-state index contributed by atoms with van der Waals surface area (Å²) < 4.78 is 5.45. The van der Waals surface area contributed by atoms with Crippen molar-refractivity contribution in [2.24, 2.45) is 11.8 Å². The summed E-state index contributed by atoms with van der Waals surface area (Å²) in [7, 11) is 0. The van der Waals surface area contributed by atoms with Gasteiger partial charge in [0.05, 0.1) is 0 Å². The molecule has 0 spiro atoms. The highest BCUT2D eigenvalue weighted by molar-refractivity contribution is 4.78. The van der Waals surface area contributed by atoms with Crippen LogP contribution in [0.1, 0.15) is 58.3 Å². The Labute approximate surface area is 107 Å². The van der Waals surface area contributed by atoms with Crippen molar-refractivity contribution < 1.29 is 4.74 Å². The standard InChI is InChI=1S/C15H29NO/c1-2-16-15(11-13-5-3-4-6-13)12-14-7-9-17-10-8-14/h13-16H,2-12H2,1H3. The normalized spacial score (nSPS) is 25.2. The number of ether oxygens (including phenoxy) is 1. The van der Waals surface area contributed by atoms with Crippen molar-refractivity contribution in [2.45, 2.75) is 64.3 Å². The fraction of sp³-hybridized carbons (Fsp3) is 1.00. The first kappa shape index (κ1) is 13.4. The van der Waals surface area contributed by atoms with Crippen LogP contribution in [0.2, 0.25) is 0 Å². The van der Waals surface area contributed by atoms with Crippen LogP contribution in [-0.4, -0.2) is 25.8 Å². The Hall–Kier alpha value is -0.0800. The summed E-state index contributed by atoms with van der Waals surface area (Å²) in [6.07, 6.45) is 11.3. The lowest BCUT2D eigenvalue weighted by Crippen LogP contribution is -2.34. The first-order valence-corrected chi connectivity index (χ1v) is 7.69. The summed E-state index contributed by atoms with van der Waals surface area (Å²) in [6.45, 7) is 5.35. The van der Waals surface area contributed by atoms with E-state index >= 15 is 0 Å².